The van der Waals surface area contributed by atoms with Gasteiger partial charge < -0.3 is 14.2 Å². The van der Waals surface area contributed by atoms with Gasteiger partial charge in [-0.25, -0.2) is 15.0 Å². The zero-order chi connectivity index (χ0) is 21.0. The topological polar surface area (TPSA) is 88.3 Å². The summed E-state index contributed by atoms with van der Waals surface area (Å²) in [5.41, 5.74) is 0.830. The van der Waals surface area contributed by atoms with Crippen LogP contribution < -0.4 is 4.90 Å². The number of piperazine rings is 1. The maximum atomic E-state index is 12.9. The summed E-state index contributed by atoms with van der Waals surface area (Å²) in [4.78, 5) is 34.7. The van der Waals surface area contributed by atoms with Crippen LogP contribution in [0, 0.1) is 0 Å². The number of thioether (sulfide) groups is 1. The van der Waals surface area contributed by atoms with E-state index >= 15 is 0 Å². The molecule has 0 unspecified atom stereocenters. The van der Waals surface area contributed by atoms with Crippen LogP contribution in [0.2, 0.25) is 0 Å². The van der Waals surface area contributed by atoms with Crippen molar-refractivity contribution in [1.82, 2.24) is 24.8 Å². The van der Waals surface area contributed by atoms with Crippen LogP contribution in [0.5, 0.6) is 0 Å². The molecular formula is C22H20N6O2S. The molecule has 5 rings (SSSR count). The van der Waals surface area contributed by atoms with Gasteiger partial charge >= 0.3 is 0 Å². The second kappa shape index (κ2) is 8.73. The number of rotatable bonds is 5. The molecule has 31 heavy (non-hydrogen) atoms. The van der Waals surface area contributed by atoms with Gasteiger partial charge in [-0.05, 0) is 18.2 Å². The first-order chi connectivity index (χ1) is 15.3. The predicted octanol–water partition coefficient (Wildman–Crippen LogP) is 3.12. The van der Waals surface area contributed by atoms with E-state index in [9.17, 15) is 4.79 Å². The summed E-state index contributed by atoms with van der Waals surface area (Å²) >= 11 is 1.44. The van der Waals surface area contributed by atoms with Crippen LogP contribution in [0.25, 0.3) is 22.5 Å². The average molecular weight is 433 g/mol. The molecule has 0 aliphatic carbocycles. The molecule has 1 fully saturated rings. The maximum absolute atomic E-state index is 12.9. The fourth-order valence-electron chi connectivity index (χ4n) is 3.53. The summed E-state index contributed by atoms with van der Waals surface area (Å²) in [6.45, 7) is 2.82. The van der Waals surface area contributed by atoms with Gasteiger partial charge in [0, 0.05) is 44.0 Å². The van der Waals surface area contributed by atoms with Crippen molar-refractivity contribution >= 4 is 34.4 Å². The molecule has 0 saturated carbocycles. The third kappa shape index (κ3) is 4.22. The number of hydrogen-bond acceptors (Lipinski definition) is 8. The van der Waals surface area contributed by atoms with Gasteiger partial charge in [0.1, 0.15) is 10.8 Å². The summed E-state index contributed by atoms with van der Waals surface area (Å²) in [5.74, 6) is 2.41. The molecule has 1 aliphatic rings. The lowest BCUT2D eigenvalue weighted by atomic mass is 10.2. The predicted molar refractivity (Wildman–Crippen MR) is 119 cm³/mol. The van der Waals surface area contributed by atoms with Crippen molar-refractivity contribution in [2.24, 2.45) is 0 Å². The normalized spacial score (nSPS) is 14.2. The van der Waals surface area contributed by atoms with Gasteiger partial charge in [-0.15, -0.1) is 0 Å². The van der Waals surface area contributed by atoms with Crippen LogP contribution in [-0.2, 0) is 4.79 Å². The van der Waals surface area contributed by atoms with Crippen LogP contribution in [0.15, 0.2) is 70.7 Å². The van der Waals surface area contributed by atoms with Crippen molar-refractivity contribution in [2.45, 2.75) is 5.03 Å². The first kappa shape index (κ1) is 19.5. The summed E-state index contributed by atoms with van der Waals surface area (Å²) in [6, 6.07) is 11.5. The van der Waals surface area contributed by atoms with Crippen LogP contribution in [0.3, 0.4) is 0 Å². The van der Waals surface area contributed by atoms with Crippen LogP contribution in [-0.4, -0.2) is 62.7 Å². The first-order valence-corrected chi connectivity index (χ1v) is 11.0. The van der Waals surface area contributed by atoms with Gasteiger partial charge in [-0.1, -0.05) is 30.0 Å². The number of furan rings is 1. The molecule has 8 nitrogen and oxygen atoms in total. The average Bonchev–Trinajstić information content (AvgIpc) is 3.38. The number of aromatic nitrogens is 4. The van der Waals surface area contributed by atoms with Crippen molar-refractivity contribution in [3.63, 3.8) is 0 Å². The van der Waals surface area contributed by atoms with E-state index in [1.165, 1.54) is 11.8 Å². The van der Waals surface area contributed by atoms with Gasteiger partial charge in [-0.3, -0.25) is 9.78 Å². The molecule has 9 heteroatoms. The van der Waals surface area contributed by atoms with E-state index in [0.29, 0.717) is 30.4 Å². The van der Waals surface area contributed by atoms with Gasteiger partial charge in [0.2, 0.25) is 5.91 Å². The largest absolute Gasteiger partial charge is 0.461 e. The van der Waals surface area contributed by atoms with Crippen molar-refractivity contribution in [3.05, 3.63) is 61.3 Å². The molecule has 1 amide bonds. The first-order valence-electron chi connectivity index (χ1n) is 10.00. The molecule has 0 spiro atoms. The number of nitrogens with zero attached hydrogens (tertiary/aromatic N) is 6. The number of amides is 1. The zero-order valence-corrected chi connectivity index (χ0v) is 17.5. The van der Waals surface area contributed by atoms with E-state index in [4.69, 9.17) is 4.42 Å². The lowest BCUT2D eigenvalue weighted by Gasteiger charge is -2.35. The van der Waals surface area contributed by atoms with Gasteiger partial charge in [0.15, 0.2) is 11.6 Å². The maximum Gasteiger partial charge on any atom is 0.233 e. The van der Waals surface area contributed by atoms with E-state index in [-0.39, 0.29) is 5.91 Å². The number of para-hydroxylation sites is 1. The number of carbonyl (C=O) groups excluding carboxylic acids is 1. The highest BCUT2D eigenvalue weighted by atomic mass is 32.2. The SMILES string of the molecule is O=C(CSc1nc(-c2ccco2)nc2ccccc12)N1CCN(c2cnccn2)CC1. The van der Waals surface area contributed by atoms with Crippen molar-refractivity contribution in [1.29, 1.82) is 0 Å². The third-order valence-corrected chi connectivity index (χ3v) is 6.12. The number of fused-ring (bicyclic) bond motifs is 1. The van der Waals surface area contributed by atoms with Crippen LogP contribution in [0.1, 0.15) is 0 Å². The summed E-state index contributed by atoms with van der Waals surface area (Å²) in [7, 11) is 0. The Labute approximate surface area is 183 Å². The highest BCUT2D eigenvalue weighted by Gasteiger charge is 2.22. The molecule has 1 aliphatic heterocycles. The second-order valence-corrected chi connectivity index (χ2v) is 8.03. The van der Waals surface area contributed by atoms with Gasteiger partial charge in [0.05, 0.1) is 23.7 Å². The van der Waals surface area contributed by atoms with Gasteiger partial charge in [0.25, 0.3) is 0 Å². The number of carbonyl (C=O) groups is 1. The Morgan fingerprint density at radius 1 is 1.03 bits per heavy atom. The van der Waals surface area contributed by atoms with E-state index < -0.39 is 0 Å². The zero-order valence-electron chi connectivity index (χ0n) is 16.7. The minimum atomic E-state index is 0.103. The molecule has 1 aromatic carbocycles. The van der Waals surface area contributed by atoms with Crippen molar-refractivity contribution in [2.75, 3.05) is 36.8 Å². The quantitative estimate of drug-likeness (QED) is 0.351. The van der Waals surface area contributed by atoms with Crippen molar-refractivity contribution < 1.29 is 9.21 Å². The third-order valence-electron chi connectivity index (χ3n) is 5.15. The van der Waals surface area contributed by atoms with E-state index in [1.807, 2.05) is 41.3 Å². The molecule has 3 aromatic heterocycles. The minimum absolute atomic E-state index is 0.103. The highest BCUT2D eigenvalue weighted by Crippen LogP contribution is 2.29. The van der Waals surface area contributed by atoms with Crippen LogP contribution >= 0.6 is 11.8 Å². The number of hydrogen-bond donors (Lipinski definition) is 0. The minimum Gasteiger partial charge on any atom is -0.461 e. The Hall–Kier alpha value is -3.46. The molecule has 1 saturated heterocycles. The molecule has 4 heterocycles. The fourth-order valence-corrected chi connectivity index (χ4v) is 4.46. The van der Waals surface area contributed by atoms with Crippen molar-refractivity contribution in [3.8, 4) is 11.6 Å². The Balaban J connectivity index is 1.27. The molecule has 0 N–H and O–H groups in total. The Bertz CT molecular complexity index is 1180. The van der Waals surface area contributed by atoms with Crippen LogP contribution in [0.4, 0.5) is 5.82 Å². The van der Waals surface area contributed by atoms with E-state index in [2.05, 4.69) is 24.8 Å². The molecule has 0 radical (unpaired) electrons. The Morgan fingerprint density at radius 3 is 2.68 bits per heavy atom. The second-order valence-electron chi connectivity index (χ2n) is 7.07. The number of benzene rings is 1. The summed E-state index contributed by atoms with van der Waals surface area (Å²) in [6.07, 6.45) is 6.70. The molecule has 0 bridgehead atoms. The fraction of sp³-hybridized carbons (Fsp3) is 0.227. The monoisotopic (exact) mass is 432 g/mol. The lowest BCUT2D eigenvalue weighted by molar-refractivity contribution is -0.128. The van der Waals surface area contributed by atoms with E-state index in [0.717, 1.165) is 34.8 Å². The van der Waals surface area contributed by atoms with E-state index in [1.54, 1.807) is 24.9 Å². The molecular weight excluding hydrogens is 412 g/mol. The number of anilines is 1. The smallest absolute Gasteiger partial charge is 0.233 e. The summed E-state index contributed by atoms with van der Waals surface area (Å²) in [5, 5.41) is 1.71. The Kier molecular flexibility index (Phi) is 5.49. The molecule has 4 aromatic rings. The lowest BCUT2D eigenvalue weighted by Crippen LogP contribution is -2.49. The highest BCUT2D eigenvalue weighted by molar-refractivity contribution is 8.00. The van der Waals surface area contributed by atoms with Gasteiger partial charge in [-0.2, -0.15) is 0 Å². The Morgan fingerprint density at radius 2 is 1.90 bits per heavy atom. The molecule has 0 atom stereocenters. The summed E-state index contributed by atoms with van der Waals surface area (Å²) < 4.78 is 5.47. The standard InChI is InChI=1S/C22H20N6O2S/c29-20(28-11-9-27(10-12-28)19-14-23-7-8-24-19)15-31-22-16-4-1-2-5-17(16)25-21(26-22)18-6-3-13-30-18/h1-8,13-14H,9-12,15H2. The molecule has 156 valence electrons.